The van der Waals surface area contributed by atoms with Gasteiger partial charge in [0, 0.05) is 13.0 Å². The number of rotatable bonds is 41. The fraction of sp³-hybridized carbons (Fsp3) is 0.912. The van der Waals surface area contributed by atoms with Crippen molar-refractivity contribution in [3.8, 4) is 0 Å². The Morgan fingerprint density at radius 3 is 0.943 bits per heavy atom. The predicted octanol–water partition coefficient (Wildman–Crippen LogP) is 0.301. The number of amides is 2. The molecule has 0 unspecified atom stereocenters. The van der Waals surface area contributed by atoms with E-state index in [2.05, 4.69) is 10.6 Å². The summed E-state index contributed by atoms with van der Waals surface area (Å²) in [5.41, 5.74) is -0.520. The lowest BCUT2D eigenvalue weighted by atomic mass is 10.2. The number of carbonyl (C=O) groups excluding carboxylic acids is 2. The van der Waals surface area contributed by atoms with Gasteiger partial charge in [-0.05, 0) is 20.8 Å². The van der Waals surface area contributed by atoms with Crippen molar-refractivity contribution < 1.29 is 81.1 Å². The highest BCUT2D eigenvalue weighted by Crippen LogP contribution is 2.06. The number of carbonyl (C=O) groups is 3. The molecule has 19 heteroatoms. The zero-order chi connectivity index (χ0) is 38.9. The first kappa shape index (κ1) is 50.7. The molecule has 0 aromatic rings. The molecule has 0 saturated carbocycles. The second-order valence-corrected chi connectivity index (χ2v) is 11.7. The van der Waals surface area contributed by atoms with Crippen LogP contribution in [0.5, 0.6) is 0 Å². The molecule has 0 fully saturated rings. The molecule has 3 N–H and O–H groups in total. The van der Waals surface area contributed by atoms with Gasteiger partial charge in [0.15, 0.2) is 0 Å². The van der Waals surface area contributed by atoms with E-state index in [1.54, 1.807) is 0 Å². The molecule has 0 aliphatic rings. The van der Waals surface area contributed by atoms with E-state index in [-0.39, 0.29) is 18.9 Å². The number of aliphatic carboxylic acids is 1. The number of hydrogen-bond acceptors (Lipinski definition) is 16. The van der Waals surface area contributed by atoms with Crippen molar-refractivity contribution in [2.45, 2.75) is 32.8 Å². The lowest BCUT2D eigenvalue weighted by Gasteiger charge is -2.19. The molecule has 0 saturated heterocycles. The Hall–Kier alpha value is -2.27. The van der Waals surface area contributed by atoms with Gasteiger partial charge >= 0.3 is 12.1 Å². The monoisotopic (exact) mass is 774 g/mol. The average molecular weight is 775 g/mol. The maximum atomic E-state index is 11.5. The molecule has 19 nitrogen and oxygen atoms in total. The SMILES string of the molecule is CC(C)(C)OC(=O)NCCOCCOCCOCCOCCOCCOCCOCCOCCOCCOCCOCCOCCC(=O)NCC(=O)O. The number of ether oxygens (including phenoxy) is 13. The Bertz CT molecular complexity index is 835. The van der Waals surface area contributed by atoms with Crippen LogP contribution in [0.25, 0.3) is 0 Å². The molecule has 2 amide bonds. The van der Waals surface area contributed by atoms with E-state index in [1.165, 1.54) is 0 Å². The molecular weight excluding hydrogens is 708 g/mol. The Labute approximate surface area is 314 Å². The molecule has 0 spiro atoms. The first-order valence-electron chi connectivity index (χ1n) is 18.1. The minimum Gasteiger partial charge on any atom is -0.480 e. The van der Waals surface area contributed by atoms with Crippen LogP contribution in [0.4, 0.5) is 4.79 Å². The topological polar surface area (TPSA) is 215 Å². The average Bonchev–Trinajstić information content (AvgIpc) is 3.11. The van der Waals surface area contributed by atoms with Crippen LogP contribution in [-0.2, 0) is 71.2 Å². The van der Waals surface area contributed by atoms with Gasteiger partial charge in [-0.15, -0.1) is 0 Å². The van der Waals surface area contributed by atoms with Crippen molar-refractivity contribution >= 4 is 18.0 Å². The van der Waals surface area contributed by atoms with E-state index in [0.717, 1.165) is 0 Å². The number of hydrogen-bond donors (Lipinski definition) is 3. The van der Waals surface area contributed by atoms with Gasteiger partial charge in [0.1, 0.15) is 12.1 Å². The third-order valence-electron chi connectivity index (χ3n) is 5.92. The highest BCUT2D eigenvalue weighted by atomic mass is 16.6. The molecule has 0 aliphatic carbocycles. The minimum absolute atomic E-state index is 0.0980. The summed E-state index contributed by atoms with van der Waals surface area (Å²) >= 11 is 0. The van der Waals surface area contributed by atoms with Crippen LogP contribution < -0.4 is 10.6 Å². The molecule has 0 bridgehead atoms. The summed E-state index contributed by atoms with van der Waals surface area (Å²) in [4.78, 5) is 33.2. The third kappa shape index (κ3) is 45.8. The first-order chi connectivity index (χ1) is 25.7. The summed E-state index contributed by atoms with van der Waals surface area (Å²) in [6.45, 7) is 15.9. The van der Waals surface area contributed by atoms with Gasteiger partial charge in [-0.1, -0.05) is 0 Å². The first-order valence-corrected chi connectivity index (χ1v) is 18.1. The molecule has 314 valence electrons. The van der Waals surface area contributed by atoms with Crippen LogP contribution in [-0.4, -0.2) is 200 Å². The highest BCUT2D eigenvalue weighted by molar-refractivity contribution is 5.81. The highest BCUT2D eigenvalue weighted by Gasteiger charge is 2.15. The summed E-state index contributed by atoms with van der Waals surface area (Å²) in [5.74, 6) is -1.46. The molecule has 0 heterocycles. The van der Waals surface area contributed by atoms with Crippen LogP contribution in [0.3, 0.4) is 0 Å². The van der Waals surface area contributed by atoms with Crippen molar-refractivity contribution in [1.29, 1.82) is 0 Å². The number of carboxylic acid groups (broad SMARTS) is 1. The summed E-state index contributed by atoms with van der Waals surface area (Å²) in [5, 5.41) is 13.4. The van der Waals surface area contributed by atoms with Crippen LogP contribution >= 0.6 is 0 Å². The minimum atomic E-state index is -1.09. The Balaban J connectivity index is 3.12. The van der Waals surface area contributed by atoms with E-state index >= 15 is 0 Å². The number of carboxylic acids is 1. The quantitative estimate of drug-likeness (QED) is 0.0713. The summed E-state index contributed by atoms with van der Waals surface area (Å²) in [7, 11) is 0. The standard InChI is InChI=1S/C34H66N2O17/c1-34(2,3)53-33(40)35-5-7-42-9-11-44-13-15-46-17-19-48-21-23-50-25-27-52-29-28-51-26-24-49-22-20-47-18-16-45-14-12-43-10-8-41-6-4-31(37)36-30-32(38)39/h4-30H2,1-3H3,(H,35,40)(H,36,37)(H,38,39). The van der Waals surface area contributed by atoms with Crippen LogP contribution in [0, 0.1) is 0 Å². The van der Waals surface area contributed by atoms with Gasteiger partial charge in [0.05, 0.1) is 159 Å². The van der Waals surface area contributed by atoms with E-state index in [4.69, 9.17) is 66.7 Å². The maximum absolute atomic E-state index is 11.5. The van der Waals surface area contributed by atoms with Crippen LogP contribution in [0.1, 0.15) is 27.2 Å². The van der Waals surface area contributed by atoms with Gasteiger partial charge in [-0.3, -0.25) is 9.59 Å². The lowest BCUT2D eigenvalue weighted by Crippen LogP contribution is -2.34. The molecule has 0 aromatic heterocycles. The third-order valence-corrected chi connectivity index (χ3v) is 5.92. The zero-order valence-corrected chi connectivity index (χ0v) is 32.1. The van der Waals surface area contributed by atoms with Gasteiger partial charge in [0.25, 0.3) is 0 Å². The summed E-state index contributed by atoms with van der Waals surface area (Å²) < 4.78 is 70.2. The lowest BCUT2D eigenvalue weighted by molar-refractivity contribution is -0.138. The Kier molecular flexibility index (Phi) is 37.7. The Morgan fingerprint density at radius 2 is 0.679 bits per heavy atom. The van der Waals surface area contributed by atoms with Gasteiger partial charge in [-0.2, -0.15) is 0 Å². The van der Waals surface area contributed by atoms with Crippen molar-refractivity contribution in [2.75, 3.05) is 172 Å². The largest absolute Gasteiger partial charge is 0.480 e. The van der Waals surface area contributed by atoms with E-state index in [1.807, 2.05) is 20.8 Å². The molecule has 0 rings (SSSR count). The fourth-order valence-electron chi connectivity index (χ4n) is 3.49. The van der Waals surface area contributed by atoms with Crippen molar-refractivity contribution in [3.05, 3.63) is 0 Å². The molecule has 0 radical (unpaired) electrons. The van der Waals surface area contributed by atoms with Gasteiger partial charge < -0.3 is 77.3 Å². The second-order valence-electron chi connectivity index (χ2n) is 11.7. The smallest absolute Gasteiger partial charge is 0.407 e. The number of alkyl carbamates (subject to hydrolysis) is 1. The molecular formula is C34H66N2O17. The van der Waals surface area contributed by atoms with Gasteiger partial charge in [0.2, 0.25) is 5.91 Å². The molecule has 0 aliphatic heterocycles. The Morgan fingerprint density at radius 1 is 0.415 bits per heavy atom. The zero-order valence-electron chi connectivity index (χ0n) is 32.1. The molecule has 0 aromatic carbocycles. The van der Waals surface area contributed by atoms with E-state index in [9.17, 15) is 14.4 Å². The van der Waals surface area contributed by atoms with E-state index in [0.29, 0.717) is 159 Å². The maximum Gasteiger partial charge on any atom is 0.407 e. The van der Waals surface area contributed by atoms with Crippen molar-refractivity contribution in [3.63, 3.8) is 0 Å². The summed E-state index contributed by atoms with van der Waals surface area (Å²) in [6.07, 6.45) is -0.362. The van der Waals surface area contributed by atoms with Gasteiger partial charge in [-0.25, -0.2) is 4.79 Å². The fourth-order valence-corrected chi connectivity index (χ4v) is 3.49. The number of nitrogens with one attached hydrogen (secondary N) is 2. The van der Waals surface area contributed by atoms with Crippen LogP contribution in [0.2, 0.25) is 0 Å². The van der Waals surface area contributed by atoms with Crippen molar-refractivity contribution in [2.24, 2.45) is 0 Å². The molecule has 0 atom stereocenters. The predicted molar refractivity (Wildman–Crippen MR) is 189 cm³/mol. The van der Waals surface area contributed by atoms with Crippen LogP contribution in [0.15, 0.2) is 0 Å². The molecule has 53 heavy (non-hydrogen) atoms. The van der Waals surface area contributed by atoms with Crippen molar-refractivity contribution in [1.82, 2.24) is 10.6 Å². The van der Waals surface area contributed by atoms with E-state index < -0.39 is 24.2 Å². The second kappa shape index (κ2) is 39.4. The normalized spacial score (nSPS) is 11.5. The summed E-state index contributed by atoms with van der Waals surface area (Å²) in [6, 6.07) is 0.